The van der Waals surface area contributed by atoms with Crippen LogP contribution in [0.2, 0.25) is 0 Å². The highest BCUT2D eigenvalue weighted by Gasteiger charge is 2.14. The van der Waals surface area contributed by atoms with Crippen molar-refractivity contribution in [1.82, 2.24) is 0 Å². The van der Waals surface area contributed by atoms with E-state index in [-0.39, 0.29) is 5.69 Å². The quantitative estimate of drug-likeness (QED) is 0.214. The van der Waals surface area contributed by atoms with Crippen LogP contribution in [0, 0.1) is 24.0 Å². The van der Waals surface area contributed by atoms with Gasteiger partial charge in [0, 0.05) is 6.07 Å². The van der Waals surface area contributed by atoms with Crippen molar-refractivity contribution in [2.45, 2.75) is 20.8 Å². The monoisotopic (exact) mass is 372 g/mol. The minimum atomic E-state index is -0.394. The van der Waals surface area contributed by atoms with Gasteiger partial charge in [0.1, 0.15) is 0 Å². The molecule has 0 aliphatic rings. The number of aliphatic imine (C=N–C) groups is 1. The molecule has 140 valence electrons. The molecule has 3 rings (SSSR count). The summed E-state index contributed by atoms with van der Waals surface area (Å²) in [4.78, 5) is 15.4. The molecule has 0 atom stereocenters. The van der Waals surface area contributed by atoms with Crippen molar-refractivity contribution < 1.29 is 4.92 Å². The first-order valence-corrected chi connectivity index (χ1v) is 8.83. The van der Waals surface area contributed by atoms with Gasteiger partial charge in [-0.05, 0) is 62.2 Å². The summed E-state index contributed by atoms with van der Waals surface area (Å²) >= 11 is 0. The SMILES string of the molecule is CC(=Nc1ccc(N=Nc2ccccc2C)c(C)c1)c1ccccc1[N+](=O)[O-]. The number of hydrogen-bond acceptors (Lipinski definition) is 5. The summed E-state index contributed by atoms with van der Waals surface area (Å²) < 4.78 is 0. The smallest absolute Gasteiger partial charge is 0.258 e. The van der Waals surface area contributed by atoms with Crippen LogP contribution in [0.3, 0.4) is 0 Å². The highest BCUT2D eigenvalue weighted by atomic mass is 16.6. The predicted octanol–water partition coefficient (Wildman–Crippen LogP) is 6.77. The molecule has 3 aromatic rings. The fourth-order valence-electron chi connectivity index (χ4n) is 2.80. The highest BCUT2D eigenvalue weighted by Crippen LogP contribution is 2.28. The number of nitro benzene ring substituents is 1. The van der Waals surface area contributed by atoms with Gasteiger partial charge in [0.15, 0.2) is 0 Å². The van der Waals surface area contributed by atoms with Crippen LogP contribution in [0.1, 0.15) is 23.6 Å². The maximum atomic E-state index is 11.2. The van der Waals surface area contributed by atoms with Gasteiger partial charge in [0.05, 0.1) is 33.3 Å². The summed E-state index contributed by atoms with van der Waals surface area (Å²) in [5.74, 6) is 0. The Morgan fingerprint density at radius 3 is 2.18 bits per heavy atom. The van der Waals surface area contributed by atoms with Gasteiger partial charge >= 0.3 is 0 Å². The summed E-state index contributed by atoms with van der Waals surface area (Å²) in [5, 5.41) is 19.9. The van der Waals surface area contributed by atoms with Crippen molar-refractivity contribution in [2.75, 3.05) is 0 Å². The maximum Gasteiger partial charge on any atom is 0.278 e. The third-order valence-electron chi connectivity index (χ3n) is 4.35. The van der Waals surface area contributed by atoms with E-state index in [0.717, 1.165) is 22.5 Å². The first kappa shape index (κ1) is 19.1. The van der Waals surface area contributed by atoms with Gasteiger partial charge in [-0.15, -0.1) is 0 Å². The molecule has 0 radical (unpaired) electrons. The largest absolute Gasteiger partial charge is 0.278 e. The van der Waals surface area contributed by atoms with Gasteiger partial charge in [0.2, 0.25) is 0 Å². The van der Waals surface area contributed by atoms with Crippen LogP contribution in [0.15, 0.2) is 82.0 Å². The Balaban J connectivity index is 1.88. The first-order chi connectivity index (χ1) is 13.5. The molecule has 6 heteroatoms. The van der Waals surface area contributed by atoms with Gasteiger partial charge in [-0.3, -0.25) is 15.1 Å². The number of aryl methyl sites for hydroxylation is 2. The summed E-state index contributed by atoms with van der Waals surface area (Å²) in [7, 11) is 0. The standard InChI is InChI=1S/C22H20N4O2/c1-15-8-4-6-10-20(15)24-25-21-13-12-18(14-16(21)2)23-17(3)19-9-5-7-11-22(19)26(27)28/h4-14H,1-3H3. The Labute approximate surface area is 163 Å². The maximum absolute atomic E-state index is 11.2. The second kappa shape index (κ2) is 8.35. The average molecular weight is 372 g/mol. The number of azo groups is 1. The van der Waals surface area contributed by atoms with Crippen LogP contribution < -0.4 is 0 Å². The van der Waals surface area contributed by atoms with Crippen molar-refractivity contribution in [1.29, 1.82) is 0 Å². The topological polar surface area (TPSA) is 80.2 Å². The molecule has 0 saturated carbocycles. The van der Waals surface area contributed by atoms with Crippen LogP contribution in [-0.2, 0) is 0 Å². The van der Waals surface area contributed by atoms with Crippen molar-refractivity contribution in [3.63, 3.8) is 0 Å². The fraction of sp³-hybridized carbons (Fsp3) is 0.136. The van der Waals surface area contributed by atoms with Gasteiger partial charge in [-0.2, -0.15) is 10.2 Å². The van der Waals surface area contributed by atoms with E-state index in [9.17, 15) is 10.1 Å². The molecule has 0 heterocycles. The minimum absolute atomic E-state index is 0.0455. The summed E-state index contributed by atoms with van der Waals surface area (Å²) in [5.41, 5.74) is 5.42. The molecule has 0 spiro atoms. The molecule has 0 aliphatic heterocycles. The molecule has 3 aromatic carbocycles. The molecular weight excluding hydrogens is 352 g/mol. The minimum Gasteiger partial charge on any atom is -0.258 e. The second-order valence-corrected chi connectivity index (χ2v) is 6.43. The number of hydrogen-bond donors (Lipinski definition) is 0. The van der Waals surface area contributed by atoms with Crippen molar-refractivity contribution in [3.05, 3.63) is 93.5 Å². The number of benzene rings is 3. The van der Waals surface area contributed by atoms with E-state index < -0.39 is 4.92 Å². The normalized spacial score (nSPS) is 11.8. The number of rotatable bonds is 5. The Morgan fingerprint density at radius 1 is 0.857 bits per heavy atom. The van der Waals surface area contributed by atoms with Crippen molar-refractivity contribution in [3.8, 4) is 0 Å². The fourth-order valence-corrected chi connectivity index (χ4v) is 2.80. The molecule has 0 unspecified atom stereocenters. The van der Waals surface area contributed by atoms with Gasteiger partial charge in [-0.1, -0.05) is 30.3 Å². The average Bonchev–Trinajstić information content (AvgIpc) is 2.68. The predicted molar refractivity (Wildman–Crippen MR) is 112 cm³/mol. The third-order valence-corrected chi connectivity index (χ3v) is 4.35. The molecule has 0 aromatic heterocycles. The van der Waals surface area contributed by atoms with Crippen molar-refractivity contribution in [2.24, 2.45) is 15.2 Å². The molecule has 28 heavy (non-hydrogen) atoms. The van der Waals surface area contributed by atoms with Crippen LogP contribution in [-0.4, -0.2) is 10.6 Å². The van der Waals surface area contributed by atoms with E-state index in [2.05, 4.69) is 15.2 Å². The zero-order valence-electron chi connectivity index (χ0n) is 16.0. The van der Waals surface area contributed by atoms with Crippen LogP contribution >= 0.6 is 0 Å². The van der Waals surface area contributed by atoms with E-state index in [1.54, 1.807) is 25.1 Å². The first-order valence-electron chi connectivity index (χ1n) is 8.83. The molecule has 0 fully saturated rings. The van der Waals surface area contributed by atoms with Gasteiger partial charge in [0.25, 0.3) is 5.69 Å². The Morgan fingerprint density at radius 2 is 1.50 bits per heavy atom. The Bertz CT molecular complexity index is 1090. The molecule has 0 saturated heterocycles. The lowest BCUT2D eigenvalue weighted by Crippen LogP contribution is -2.00. The third kappa shape index (κ3) is 4.35. The zero-order valence-corrected chi connectivity index (χ0v) is 16.0. The van der Waals surface area contributed by atoms with Gasteiger partial charge < -0.3 is 0 Å². The van der Waals surface area contributed by atoms with Crippen molar-refractivity contribution >= 4 is 28.5 Å². The van der Waals surface area contributed by atoms with E-state index in [1.807, 2.05) is 56.3 Å². The summed E-state index contributed by atoms with van der Waals surface area (Å²) in [6.07, 6.45) is 0. The molecule has 0 aliphatic carbocycles. The molecule has 0 bridgehead atoms. The van der Waals surface area contributed by atoms with Crippen LogP contribution in [0.4, 0.5) is 22.7 Å². The lowest BCUT2D eigenvalue weighted by molar-refractivity contribution is -0.385. The van der Waals surface area contributed by atoms with Gasteiger partial charge in [-0.25, -0.2) is 0 Å². The Kier molecular flexibility index (Phi) is 5.69. The number of nitrogens with zero attached hydrogens (tertiary/aromatic N) is 4. The lowest BCUT2D eigenvalue weighted by Gasteiger charge is -2.05. The summed E-state index contributed by atoms with van der Waals surface area (Å²) in [6.45, 7) is 5.69. The highest BCUT2D eigenvalue weighted by molar-refractivity contribution is 6.03. The van der Waals surface area contributed by atoms with E-state index in [4.69, 9.17) is 0 Å². The number of para-hydroxylation sites is 1. The molecule has 6 nitrogen and oxygen atoms in total. The molecule has 0 N–H and O–H groups in total. The second-order valence-electron chi connectivity index (χ2n) is 6.43. The number of nitro groups is 1. The molecular formula is C22H20N4O2. The van der Waals surface area contributed by atoms with Crippen LogP contribution in [0.5, 0.6) is 0 Å². The lowest BCUT2D eigenvalue weighted by atomic mass is 10.1. The van der Waals surface area contributed by atoms with E-state index in [0.29, 0.717) is 17.0 Å². The molecule has 0 amide bonds. The van der Waals surface area contributed by atoms with Crippen LogP contribution in [0.25, 0.3) is 0 Å². The zero-order chi connectivity index (χ0) is 20.1. The van der Waals surface area contributed by atoms with E-state index in [1.165, 1.54) is 6.07 Å². The van der Waals surface area contributed by atoms with E-state index >= 15 is 0 Å². The Hall–Kier alpha value is -3.67. The summed E-state index contributed by atoms with van der Waals surface area (Å²) in [6, 6.07) is 20.0.